The first-order valence-electron chi connectivity index (χ1n) is 5.83. The fraction of sp³-hybridized carbons (Fsp3) is 0.417. The molecular weight excluding hydrogens is 309 g/mol. The summed E-state index contributed by atoms with van der Waals surface area (Å²) in [4.78, 5) is 10.4. The van der Waals surface area contributed by atoms with E-state index < -0.39 is 32.7 Å². The Bertz CT molecular complexity index is 603. The van der Waals surface area contributed by atoms with E-state index in [-0.39, 0.29) is 17.4 Å². The summed E-state index contributed by atoms with van der Waals surface area (Å²) in [7, 11) is -4.26. The Kier molecular flexibility index (Phi) is 5.50. The Hall–Kier alpha value is -1.18. The first-order valence-corrected chi connectivity index (χ1v) is 7.69. The number of hydrogen-bond acceptors (Lipinski definition) is 3. The maximum atomic E-state index is 13.6. The number of aliphatic carboxylic acids is 1. The lowest BCUT2D eigenvalue weighted by Crippen LogP contribution is -2.41. The van der Waals surface area contributed by atoms with Crippen LogP contribution in [0.5, 0.6) is 0 Å². The van der Waals surface area contributed by atoms with Gasteiger partial charge in [-0.15, -0.1) is 0 Å². The number of hydrogen-bond donors (Lipinski definition) is 2. The highest BCUT2D eigenvalue weighted by Crippen LogP contribution is 2.19. The van der Waals surface area contributed by atoms with E-state index in [9.17, 15) is 17.6 Å². The summed E-state index contributed by atoms with van der Waals surface area (Å²) in [5.74, 6) is -2.37. The molecule has 5 nitrogen and oxygen atoms in total. The summed E-state index contributed by atoms with van der Waals surface area (Å²) in [5, 5.41) is 9.06. The van der Waals surface area contributed by atoms with Crippen molar-refractivity contribution < 1.29 is 22.7 Å². The number of nitrogens with one attached hydrogen (secondary N) is 1. The van der Waals surface area contributed by atoms with E-state index in [0.717, 1.165) is 12.1 Å². The van der Waals surface area contributed by atoms with Crippen molar-refractivity contribution >= 4 is 27.6 Å². The van der Waals surface area contributed by atoms with E-state index in [0.29, 0.717) is 0 Å². The lowest BCUT2D eigenvalue weighted by molar-refractivity contribution is -0.139. The van der Waals surface area contributed by atoms with E-state index in [1.54, 1.807) is 13.8 Å². The van der Waals surface area contributed by atoms with Crippen molar-refractivity contribution in [2.45, 2.75) is 31.2 Å². The van der Waals surface area contributed by atoms with Crippen LogP contribution in [0.15, 0.2) is 23.1 Å². The van der Waals surface area contributed by atoms with Crippen LogP contribution in [0.2, 0.25) is 5.02 Å². The van der Waals surface area contributed by atoms with E-state index in [1.165, 1.54) is 6.07 Å². The Balaban J connectivity index is 3.06. The van der Waals surface area contributed by atoms with Gasteiger partial charge >= 0.3 is 5.97 Å². The summed E-state index contributed by atoms with van der Waals surface area (Å²) in [6.45, 7) is 3.51. The van der Waals surface area contributed by atoms with Crippen LogP contribution in [0.1, 0.15) is 20.3 Å². The maximum absolute atomic E-state index is 13.6. The zero-order chi connectivity index (χ0) is 15.5. The van der Waals surface area contributed by atoms with Gasteiger partial charge in [0.1, 0.15) is 16.8 Å². The lowest BCUT2D eigenvalue weighted by Gasteiger charge is -2.16. The highest BCUT2D eigenvalue weighted by molar-refractivity contribution is 7.89. The number of carboxylic acid groups (broad SMARTS) is 1. The molecule has 0 amide bonds. The average molecular weight is 324 g/mol. The molecule has 0 bridgehead atoms. The second-order valence-corrected chi connectivity index (χ2v) is 6.84. The highest BCUT2D eigenvalue weighted by atomic mass is 35.5. The molecule has 1 atom stereocenters. The van der Waals surface area contributed by atoms with Crippen LogP contribution < -0.4 is 4.72 Å². The quantitative estimate of drug-likeness (QED) is 0.841. The third kappa shape index (κ3) is 4.43. The zero-order valence-electron chi connectivity index (χ0n) is 10.9. The minimum atomic E-state index is -4.26. The molecule has 8 heteroatoms. The van der Waals surface area contributed by atoms with Crippen molar-refractivity contribution in [1.29, 1.82) is 0 Å². The number of sulfonamides is 1. The molecule has 0 fully saturated rings. The normalized spacial score (nSPS) is 13.4. The molecule has 0 saturated heterocycles. The summed E-state index contributed by atoms with van der Waals surface area (Å²) in [6.07, 6.45) is 0.101. The first kappa shape index (κ1) is 16.9. The highest BCUT2D eigenvalue weighted by Gasteiger charge is 2.28. The zero-order valence-corrected chi connectivity index (χ0v) is 12.5. The van der Waals surface area contributed by atoms with E-state index in [1.807, 2.05) is 4.72 Å². The van der Waals surface area contributed by atoms with Gasteiger partial charge in [0.05, 0.1) is 0 Å². The Morgan fingerprint density at radius 2 is 2.05 bits per heavy atom. The van der Waals surface area contributed by atoms with E-state index >= 15 is 0 Å². The molecule has 0 spiro atoms. The van der Waals surface area contributed by atoms with Crippen LogP contribution >= 0.6 is 11.6 Å². The fourth-order valence-electron chi connectivity index (χ4n) is 1.61. The molecule has 0 heterocycles. The summed E-state index contributed by atoms with van der Waals surface area (Å²) < 4.78 is 39.6. The molecule has 0 radical (unpaired) electrons. The smallest absolute Gasteiger partial charge is 0.321 e. The van der Waals surface area contributed by atoms with Crippen molar-refractivity contribution in [1.82, 2.24) is 4.72 Å². The predicted octanol–water partition coefficient (Wildman–Crippen LogP) is 2.26. The lowest BCUT2D eigenvalue weighted by atomic mass is 10.1. The number of benzene rings is 1. The minimum absolute atomic E-state index is 0.0335. The Morgan fingerprint density at radius 1 is 1.45 bits per heavy atom. The van der Waals surface area contributed by atoms with Gasteiger partial charge in [-0.2, -0.15) is 4.72 Å². The molecule has 2 N–H and O–H groups in total. The van der Waals surface area contributed by atoms with Gasteiger partial charge in [0.15, 0.2) is 0 Å². The molecule has 0 aromatic heterocycles. The molecule has 112 valence electrons. The van der Waals surface area contributed by atoms with Crippen molar-refractivity contribution in [3.63, 3.8) is 0 Å². The van der Waals surface area contributed by atoms with Crippen molar-refractivity contribution in [2.24, 2.45) is 5.92 Å². The number of carboxylic acids is 1. The molecule has 0 unspecified atom stereocenters. The van der Waals surface area contributed by atoms with Gasteiger partial charge in [-0.05, 0) is 30.5 Å². The van der Waals surface area contributed by atoms with Gasteiger partial charge < -0.3 is 5.11 Å². The molecule has 0 aliphatic rings. The van der Waals surface area contributed by atoms with Crippen LogP contribution in [0.4, 0.5) is 4.39 Å². The Labute approximate surface area is 121 Å². The Morgan fingerprint density at radius 3 is 2.50 bits per heavy atom. The third-order valence-electron chi connectivity index (χ3n) is 2.49. The maximum Gasteiger partial charge on any atom is 0.321 e. The van der Waals surface area contributed by atoms with Crippen molar-refractivity contribution in [3.05, 3.63) is 29.0 Å². The molecule has 1 aromatic carbocycles. The molecular formula is C12H15ClFNO4S. The van der Waals surface area contributed by atoms with Gasteiger partial charge in [0.2, 0.25) is 10.0 Å². The van der Waals surface area contributed by atoms with Crippen LogP contribution in [-0.2, 0) is 14.8 Å². The molecule has 1 rings (SSSR count). The van der Waals surface area contributed by atoms with Gasteiger partial charge in [0.25, 0.3) is 0 Å². The second-order valence-electron chi connectivity index (χ2n) is 4.72. The van der Waals surface area contributed by atoms with Crippen molar-refractivity contribution in [3.8, 4) is 0 Å². The SMILES string of the molecule is CC(C)C[C@@H](NS(=O)(=O)c1ccc(Cl)cc1F)C(=O)O. The fourth-order valence-corrected chi connectivity index (χ4v) is 3.03. The summed E-state index contributed by atoms with van der Waals surface area (Å²) in [5.41, 5.74) is 0. The van der Waals surface area contributed by atoms with Gasteiger partial charge in [0, 0.05) is 5.02 Å². The van der Waals surface area contributed by atoms with E-state index in [4.69, 9.17) is 16.7 Å². The summed E-state index contributed by atoms with van der Waals surface area (Å²) in [6, 6.07) is 1.76. The van der Waals surface area contributed by atoms with Crippen LogP contribution in [-0.4, -0.2) is 25.5 Å². The van der Waals surface area contributed by atoms with Crippen LogP contribution in [0, 0.1) is 11.7 Å². The standard InChI is InChI=1S/C12H15ClFNO4S/c1-7(2)5-10(12(16)17)15-20(18,19)11-4-3-8(13)6-9(11)14/h3-4,6-7,10,15H,5H2,1-2H3,(H,16,17)/t10-/m1/s1. The molecule has 1 aromatic rings. The molecule has 0 saturated carbocycles. The largest absolute Gasteiger partial charge is 0.480 e. The van der Waals surface area contributed by atoms with E-state index in [2.05, 4.69) is 0 Å². The van der Waals surface area contributed by atoms with Crippen molar-refractivity contribution in [2.75, 3.05) is 0 Å². The monoisotopic (exact) mass is 323 g/mol. The van der Waals surface area contributed by atoms with Crippen LogP contribution in [0.3, 0.4) is 0 Å². The molecule has 20 heavy (non-hydrogen) atoms. The number of halogens is 2. The van der Waals surface area contributed by atoms with Crippen LogP contribution in [0.25, 0.3) is 0 Å². The number of rotatable bonds is 6. The summed E-state index contributed by atoms with van der Waals surface area (Å²) >= 11 is 5.54. The first-order chi connectivity index (χ1) is 9.13. The van der Waals surface area contributed by atoms with Gasteiger partial charge in [-0.3, -0.25) is 4.79 Å². The van der Waals surface area contributed by atoms with Gasteiger partial charge in [-0.1, -0.05) is 25.4 Å². The topological polar surface area (TPSA) is 83.5 Å². The third-order valence-corrected chi connectivity index (χ3v) is 4.23. The minimum Gasteiger partial charge on any atom is -0.480 e. The molecule has 0 aliphatic heterocycles. The molecule has 0 aliphatic carbocycles. The van der Waals surface area contributed by atoms with Gasteiger partial charge in [-0.25, -0.2) is 12.8 Å². The predicted molar refractivity (Wildman–Crippen MR) is 72.6 cm³/mol. The average Bonchev–Trinajstić information content (AvgIpc) is 2.26. The number of carbonyl (C=O) groups is 1. The second kappa shape index (κ2) is 6.51.